The van der Waals surface area contributed by atoms with Crippen LogP contribution < -0.4 is 9.26 Å². The fraction of sp³-hybridized carbons (Fsp3) is 0.571. The van der Waals surface area contributed by atoms with Gasteiger partial charge in [-0.2, -0.15) is 0 Å². The van der Waals surface area contributed by atoms with Gasteiger partial charge in [-0.3, -0.25) is 0 Å². The van der Waals surface area contributed by atoms with Gasteiger partial charge in [-0.15, -0.1) is 0 Å². The van der Waals surface area contributed by atoms with E-state index in [2.05, 4.69) is 16.4 Å². The molecule has 1 aromatic carbocycles. The van der Waals surface area contributed by atoms with Crippen LogP contribution >= 0.6 is 9.47 Å². The molecule has 1 heterocycles. The van der Waals surface area contributed by atoms with Gasteiger partial charge in [-0.25, -0.2) is 0 Å². The standard InChI is InChI=1S/C14H21O3P/c1-8-9(2)13-11(10(3)12(8)17-18)5-6-14(4,7-15)16-13/h15H,5-7,18H2,1-4H3/t14-/m0/s1. The molecule has 100 valence electrons. The first-order chi connectivity index (χ1) is 8.43. The van der Waals surface area contributed by atoms with Gasteiger partial charge >= 0.3 is 0 Å². The maximum Gasteiger partial charge on any atom is 0.129 e. The lowest BCUT2D eigenvalue weighted by Gasteiger charge is -2.36. The summed E-state index contributed by atoms with van der Waals surface area (Å²) in [7, 11) is 2.32. The summed E-state index contributed by atoms with van der Waals surface area (Å²) in [6.45, 7) is 8.15. The molecule has 4 heteroatoms. The van der Waals surface area contributed by atoms with Crippen molar-refractivity contribution < 1.29 is 14.4 Å². The minimum absolute atomic E-state index is 0.0475. The van der Waals surface area contributed by atoms with Crippen molar-refractivity contribution in [2.24, 2.45) is 0 Å². The third-order valence-corrected chi connectivity index (χ3v) is 4.25. The highest BCUT2D eigenvalue weighted by Crippen LogP contribution is 2.43. The van der Waals surface area contributed by atoms with E-state index in [0.717, 1.165) is 41.0 Å². The Hall–Kier alpha value is -0.790. The monoisotopic (exact) mass is 268 g/mol. The summed E-state index contributed by atoms with van der Waals surface area (Å²) in [6.07, 6.45) is 1.75. The molecule has 3 nitrogen and oxygen atoms in total. The number of aliphatic hydroxyl groups excluding tert-OH is 1. The molecule has 1 unspecified atom stereocenters. The zero-order valence-corrected chi connectivity index (χ0v) is 12.6. The second-order valence-corrected chi connectivity index (χ2v) is 5.58. The molecule has 0 saturated heterocycles. The summed E-state index contributed by atoms with van der Waals surface area (Å²) in [5, 5.41) is 9.45. The van der Waals surface area contributed by atoms with Crippen molar-refractivity contribution in [1.82, 2.24) is 0 Å². The number of fused-ring (bicyclic) bond motifs is 1. The van der Waals surface area contributed by atoms with Crippen LogP contribution in [0.2, 0.25) is 0 Å². The Bertz CT molecular complexity index is 485. The summed E-state index contributed by atoms with van der Waals surface area (Å²) >= 11 is 0. The zero-order chi connectivity index (χ0) is 13.5. The molecule has 1 N–H and O–H groups in total. The van der Waals surface area contributed by atoms with Gasteiger partial charge in [0.25, 0.3) is 0 Å². The van der Waals surface area contributed by atoms with E-state index in [4.69, 9.17) is 9.26 Å². The molecule has 0 amide bonds. The van der Waals surface area contributed by atoms with Crippen molar-refractivity contribution in [2.75, 3.05) is 6.61 Å². The van der Waals surface area contributed by atoms with E-state index in [1.807, 2.05) is 20.8 Å². The van der Waals surface area contributed by atoms with Crippen molar-refractivity contribution in [3.8, 4) is 11.5 Å². The molecule has 0 spiro atoms. The molecule has 2 atom stereocenters. The molecule has 0 aliphatic carbocycles. The van der Waals surface area contributed by atoms with Crippen LogP contribution in [0, 0.1) is 20.8 Å². The lowest BCUT2D eigenvalue weighted by atomic mass is 9.87. The lowest BCUT2D eigenvalue weighted by Crippen LogP contribution is -2.40. The van der Waals surface area contributed by atoms with E-state index in [1.165, 1.54) is 5.56 Å². The van der Waals surface area contributed by atoms with Gasteiger partial charge in [0.1, 0.15) is 17.1 Å². The van der Waals surface area contributed by atoms with Crippen molar-refractivity contribution in [3.63, 3.8) is 0 Å². The van der Waals surface area contributed by atoms with Gasteiger partial charge in [0.05, 0.1) is 16.1 Å². The van der Waals surface area contributed by atoms with Crippen LogP contribution in [0.4, 0.5) is 0 Å². The molecule has 18 heavy (non-hydrogen) atoms. The quantitative estimate of drug-likeness (QED) is 0.838. The molecule has 1 aliphatic rings. The first-order valence-corrected chi connectivity index (χ1v) is 6.70. The molecular weight excluding hydrogens is 247 g/mol. The molecule has 0 bridgehead atoms. The average Bonchev–Trinajstić information content (AvgIpc) is 2.37. The molecule has 0 saturated carbocycles. The summed E-state index contributed by atoms with van der Waals surface area (Å²) in [4.78, 5) is 0. The fourth-order valence-electron chi connectivity index (χ4n) is 2.57. The Morgan fingerprint density at radius 1 is 1.28 bits per heavy atom. The first kappa shape index (κ1) is 13.6. The predicted molar refractivity (Wildman–Crippen MR) is 75.4 cm³/mol. The van der Waals surface area contributed by atoms with Crippen LogP contribution in [0.1, 0.15) is 35.6 Å². The third kappa shape index (κ3) is 2.00. The Morgan fingerprint density at radius 3 is 2.50 bits per heavy atom. The largest absolute Gasteiger partial charge is 0.485 e. The van der Waals surface area contributed by atoms with Crippen LogP contribution in [0.3, 0.4) is 0 Å². The summed E-state index contributed by atoms with van der Waals surface area (Å²) < 4.78 is 11.5. The van der Waals surface area contributed by atoms with Crippen molar-refractivity contribution in [3.05, 3.63) is 22.3 Å². The van der Waals surface area contributed by atoms with Crippen molar-refractivity contribution in [2.45, 2.75) is 46.1 Å². The number of rotatable bonds is 2. The van der Waals surface area contributed by atoms with Gasteiger partial charge in [-0.05, 0) is 57.2 Å². The van der Waals surface area contributed by atoms with Gasteiger partial charge in [-0.1, -0.05) is 0 Å². The summed E-state index contributed by atoms with van der Waals surface area (Å²) in [5.41, 5.74) is 4.10. The van der Waals surface area contributed by atoms with Gasteiger partial charge in [0.2, 0.25) is 0 Å². The highest BCUT2D eigenvalue weighted by Gasteiger charge is 2.34. The Labute approximate surface area is 111 Å². The molecule has 1 aromatic rings. The van der Waals surface area contributed by atoms with Crippen LogP contribution in [0.25, 0.3) is 0 Å². The van der Waals surface area contributed by atoms with E-state index in [9.17, 15) is 5.11 Å². The minimum Gasteiger partial charge on any atom is -0.485 e. The van der Waals surface area contributed by atoms with E-state index in [1.54, 1.807) is 0 Å². The van der Waals surface area contributed by atoms with E-state index >= 15 is 0 Å². The van der Waals surface area contributed by atoms with Crippen LogP contribution in [0.15, 0.2) is 0 Å². The molecule has 0 aromatic heterocycles. The SMILES string of the molecule is Cc1c(C)c2c(c(C)c1OP)CC[C@@](C)(CO)O2. The summed E-state index contributed by atoms with van der Waals surface area (Å²) in [6, 6.07) is 0. The second kappa shape index (κ2) is 4.71. The average molecular weight is 268 g/mol. The smallest absolute Gasteiger partial charge is 0.129 e. The van der Waals surface area contributed by atoms with Crippen molar-refractivity contribution in [1.29, 1.82) is 0 Å². The molecule has 0 fully saturated rings. The van der Waals surface area contributed by atoms with Crippen LogP contribution in [-0.4, -0.2) is 17.3 Å². The molecule has 0 radical (unpaired) electrons. The van der Waals surface area contributed by atoms with Gasteiger partial charge in [0, 0.05) is 5.56 Å². The van der Waals surface area contributed by atoms with Gasteiger partial charge < -0.3 is 14.4 Å². The van der Waals surface area contributed by atoms with Crippen molar-refractivity contribution >= 4 is 9.47 Å². The predicted octanol–water partition coefficient (Wildman–Crippen LogP) is 2.86. The molecule has 1 aliphatic heterocycles. The molecular formula is C14H21O3P. The highest BCUT2D eigenvalue weighted by atomic mass is 31.0. The van der Waals surface area contributed by atoms with E-state index in [-0.39, 0.29) is 6.61 Å². The Balaban J connectivity index is 2.59. The number of aliphatic hydroxyl groups is 1. The normalized spacial score (nSPS) is 22.3. The maximum atomic E-state index is 9.45. The van der Waals surface area contributed by atoms with Crippen LogP contribution in [0.5, 0.6) is 11.5 Å². The van der Waals surface area contributed by atoms with Crippen LogP contribution in [-0.2, 0) is 6.42 Å². The zero-order valence-electron chi connectivity index (χ0n) is 11.5. The number of hydrogen-bond acceptors (Lipinski definition) is 3. The van der Waals surface area contributed by atoms with E-state index < -0.39 is 5.60 Å². The number of benzene rings is 1. The lowest BCUT2D eigenvalue weighted by molar-refractivity contribution is 0.00724. The topological polar surface area (TPSA) is 38.7 Å². The van der Waals surface area contributed by atoms with E-state index in [0.29, 0.717) is 0 Å². The highest BCUT2D eigenvalue weighted by molar-refractivity contribution is 7.10. The number of hydrogen-bond donors (Lipinski definition) is 1. The maximum absolute atomic E-state index is 9.45. The van der Waals surface area contributed by atoms with Gasteiger partial charge in [0.15, 0.2) is 0 Å². The minimum atomic E-state index is -0.458. The first-order valence-electron chi connectivity index (χ1n) is 6.22. The second-order valence-electron chi connectivity index (χ2n) is 5.34. The summed E-state index contributed by atoms with van der Waals surface area (Å²) in [5.74, 6) is 1.85. The third-order valence-electron chi connectivity index (χ3n) is 4.02. The Kier molecular flexibility index (Phi) is 3.57. The molecule has 2 rings (SSSR count). The Morgan fingerprint density at radius 2 is 1.94 bits per heavy atom. The fourth-order valence-corrected chi connectivity index (χ4v) is 2.92. The number of ether oxygens (including phenoxy) is 1.